The van der Waals surface area contributed by atoms with Crippen LogP contribution in [0.5, 0.6) is 0 Å². The van der Waals surface area contributed by atoms with Gasteiger partial charge in [-0.05, 0) is 37.5 Å². The van der Waals surface area contributed by atoms with Crippen LogP contribution in [0, 0.1) is 0 Å². The molecule has 2 rings (SSSR count). The van der Waals surface area contributed by atoms with Gasteiger partial charge in [0.15, 0.2) is 5.96 Å². The highest BCUT2D eigenvalue weighted by Gasteiger charge is 2.17. The number of primary amides is 1. The number of amides is 2. The fourth-order valence-corrected chi connectivity index (χ4v) is 2.52. The molecule has 1 aromatic rings. The van der Waals surface area contributed by atoms with E-state index in [0.717, 1.165) is 31.5 Å². The summed E-state index contributed by atoms with van der Waals surface area (Å²) in [6.45, 7) is 5.07. The standard InChI is InChI=1S/C17H25N5O2/c1-2-19-17(21-12-15(23)22-9-3-4-10-22)20-11-13-5-7-14(8-6-13)16(18)24/h5-8H,2-4,9-12H2,1H3,(H2,18,24)(H2,19,20,21). The van der Waals surface area contributed by atoms with Crippen LogP contribution in [0.4, 0.5) is 0 Å². The third-order valence-corrected chi connectivity index (χ3v) is 3.87. The lowest BCUT2D eigenvalue weighted by molar-refractivity contribution is -0.128. The molecule has 1 heterocycles. The second-order valence-corrected chi connectivity index (χ2v) is 5.70. The van der Waals surface area contributed by atoms with Gasteiger partial charge in [-0.15, -0.1) is 0 Å². The molecule has 0 spiro atoms. The third-order valence-electron chi connectivity index (χ3n) is 3.87. The minimum absolute atomic E-state index is 0.101. The number of nitrogens with two attached hydrogens (primary N) is 1. The molecule has 7 heteroatoms. The van der Waals surface area contributed by atoms with Crippen LogP contribution in [0.15, 0.2) is 29.3 Å². The van der Waals surface area contributed by atoms with Gasteiger partial charge in [0.25, 0.3) is 0 Å². The Morgan fingerprint density at radius 1 is 1.17 bits per heavy atom. The Morgan fingerprint density at radius 2 is 1.83 bits per heavy atom. The number of hydrogen-bond acceptors (Lipinski definition) is 3. The van der Waals surface area contributed by atoms with E-state index in [4.69, 9.17) is 5.73 Å². The van der Waals surface area contributed by atoms with Crippen molar-refractivity contribution in [1.82, 2.24) is 15.5 Å². The molecule has 7 nitrogen and oxygen atoms in total. The third kappa shape index (κ3) is 5.26. The van der Waals surface area contributed by atoms with E-state index in [0.29, 0.717) is 24.6 Å². The van der Waals surface area contributed by atoms with Gasteiger partial charge in [0.05, 0.1) is 13.1 Å². The van der Waals surface area contributed by atoms with E-state index in [2.05, 4.69) is 15.6 Å². The molecule has 1 aliphatic rings. The Bertz CT molecular complexity index is 592. The first kappa shape index (κ1) is 17.8. The van der Waals surface area contributed by atoms with Gasteiger partial charge in [0.1, 0.15) is 0 Å². The highest BCUT2D eigenvalue weighted by Crippen LogP contribution is 2.07. The number of nitrogens with one attached hydrogen (secondary N) is 2. The number of guanidine groups is 1. The van der Waals surface area contributed by atoms with Crippen LogP contribution in [0.1, 0.15) is 35.7 Å². The number of rotatable bonds is 6. The smallest absolute Gasteiger partial charge is 0.248 e. The monoisotopic (exact) mass is 331 g/mol. The second-order valence-electron chi connectivity index (χ2n) is 5.70. The number of aliphatic imine (C=N–C) groups is 1. The molecule has 0 atom stereocenters. The lowest BCUT2D eigenvalue weighted by Gasteiger charge is -2.17. The highest BCUT2D eigenvalue weighted by atomic mass is 16.2. The van der Waals surface area contributed by atoms with Gasteiger partial charge in [-0.2, -0.15) is 0 Å². The van der Waals surface area contributed by atoms with Crippen molar-refractivity contribution >= 4 is 17.8 Å². The van der Waals surface area contributed by atoms with Gasteiger partial charge in [-0.1, -0.05) is 12.1 Å². The van der Waals surface area contributed by atoms with Gasteiger partial charge >= 0.3 is 0 Å². The molecule has 1 aliphatic heterocycles. The molecule has 0 unspecified atom stereocenters. The average Bonchev–Trinajstić information content (AvgIpc) is 3.12. The van der Waals surface area contributed by atoms with E-state index in [1.807, 2.05) is 24.0 Å². The zero-order chi connectivity index (χ0) is 17.4. The summed E-state index contributed by atoms with van der Waals surface area (Å²) in [4.78, 5) is 29.5. The van der Waals surface area contributed by atoms with E-state index < -0.39 is 5.91 Å². The van der Waals surface area contributed by atoms with E-state index in [-0.39, 0.29) is 12.5 Å². The minimum atomic E-state index is -0.444. The summed E-state index contributed by atoms with van der Waals surface area (Å²) in [7, 11) is 0. The van der Waals surface area contributed by atoms with Crippen molar-refractivity contribution in [2.24, 2.45) is 10.7 Å². The SMILES string of the molecule is CCNC(=NCc1ccc(C(N)=O)cc1)NCC(=O)N1CCCC1. The fraction of sp³-hybridized carbons (Fsp3) is 0.471. The van der Waals surface area contributed by atoms with Crippen LogP contribution in [0.2, 0.25) is 0 Å². The Balaban J connectivity index is 1.89. The predicted octanol–water partition coefficient (Wildman–Crippen LogP) is 0.463. The maximum atomic E-state index is 12.1. The summed E-state index contributed by atoms with van der Waals surface area (Å²) >= 11 is 0. The van der Waals surface area contributed by atoms with E-state index in [1.165, 1.54) is 0 Å². The normalized spacial score (nSPS) is 14.5. The topological polar surface area (TPSA) is 99.8 Å². The van der Waals surface area contributed by atoms with Crippen LogP contribution in [-0.4, -0.2) is 48.9 Å². The number of nitrogens with zero attached hydrogens (tertiary/aromatic N) is 2. The number of hydrogen-bond donors (Lipinski definition) is 3. The van der Waals surface area contributed by atoms with Crippen molar-refractivity contribution < 1.29 is 9.59 Å². The summed E-state index contributed by atoms with van der Waals surface area (Å²) in [5.74, 6) is 0.258. The van der Waals surface area contributed by atoms with Crippen LogP contribution in [-0.2, 0) is 11.3 Å². The Labute approximate surface area is 142 Å². The zero-order valence-corrected chi connectivity index (χ0v) is 14.0. The molecule has 0 aliphatic carbocycles. The summed E-state index contributed by atoms with van der Waals surface area (Å²) in [5, 5.41) is 6.19. The lowest BCUT2D eigenvalue weighted by atomic mass is 10.1. The summed E-state index contributed by atoms with van der Waals surface area (Å²) in [6, 6.07) is 7.01. The predicted molar refractivity (Wildman–Crippen MR) is 93.6 cm³/mol. The van der Waals surface area contributed by atoms with Crippen LogP contribution < -0.4 is 16.4 Å². The van der Waals surface area contributed by atoms with E-state index in [9.17, 15) is 9.59 Å². The molecule has 1 saturated heterocycles. The van der Waals surface area contributed by atoms with Crippen molar-refractivity contribution in [3.8, 4) is 0 Å². The number of carbonyl (C=O) groups is 2. The first-order chi connectivity index (χ1) is 11.6. The fourth-order valence-electron chi connectivity index (χ4n) is 2.52. The Hall–Kier alpha value is -2.57. The Morgan fingerprint density at radius 3 is 2.42 bits per heavy atom. The Kier molecular flexibility index (Phi) is 6.60. The van der Waals surface area contributed by atoms with Crippen molar-refractivity contribution in [3.63, 3.8) is 0 Å². The molecule has 130 valence electrons. The molecule has 0 radical (unpaired) electrons. The van der Waals surface area contributed by atoms with Crippen molar-refractivity contribution in [1.29, 1.82) is 0 Å². The van der Waals surface area contributed by atoms with Crippen molar-refractivity contribution in [3.05, 3.63) is 35.4 Å². The number of benzene rings is 1. The second kappa shape index (κ2) is 8.90. The molecule has 1 fully saturated rings. The summed E-state index contributed by atoms with van der Waals surface area (Å²) in [5.41, 5.74) is 6.66. The first-order valence-corrected chi connectivity index (χ1v) is 8.29. The average molecular weight is 331 g/mol. The quantitative estimate of drug-likeness (QED) is 0.521. The minimum Gasteiger partial charge on any atom is -0.366 e. The maximum absolute atomic E-state index is 12.1. The molecule has 1 aromatic carbocycles. The molecule has 0 saturated carbocycles. The molecular formula is C17H25N5O2. The van der Waals surface area contributed by atoms with Gasteiger partial charge in [-0.25, -0.2) is 4.99 Å². The molecule has 0 aromatic heterocycles. The first-order valence-electron chi connectivity index (χ1n) is 8.29. The van der Waals surface area contributed by atoms with Crippen molar-refractivity contribution in [2.45, 2.75) is 26.3 Å². The van der Waals surface area contributed by atoms with Gasteiger partial charge < -0.3 is 21.3 Å². The lowest BCUT2D eigenvalue weighted by Crippen LogP contribution is -2.44. The molecule has 4 N–H and O–H groups in total. The maximum Gasteiger partial charge on any atom is 0.248 e. The van der Waals surface area contributed by atoms with E-state index in [1.54, 1.807) is 12.1 Å². The highest BCUT2D eigenvalue weighted by molar-refractivity contribution is 5.92. The van der Waals surface area contributed by atoms with Gasteiger partial charge in [-0.3, -0.25) is 9.59 Å². The summed E-state index contributed by atoms with van der Waals surface area (Å²) in [6.07, 6.45) is 2.17. The van der Waals surface area contributed by atoms with Gasteiger partial charge in [0.2, 0.25) is 11.8 Å². The molecular weight excluding hydrogens is 306 g/mol. The molecule has 0 bridgehead atoms. The largest absolute Gasteiger partial charge is 0.366 e. The van der Waals surface area contributed by atoms with E-state index >= 15 is 0 Å². The van der Waals surface area contributed by atoms with Crippen LogP contribution >= 0.6 is 0 Å². The number of carbonyl (C=O) groups excluding carboxylic acids is 2. The van der Waals surface area contributed by atoms with Crippen LogP contribution in [0.3, 0.4) is 0 Å². The molecule has 24 heavy (non-hydrogen) atoms. The van der Waals surface area contributed by atoms with Gasteiger partial charge in [0, 0.05) is 25.2 Å². The van der Waals surface area contributed by atoms with Crippen molar-refractivity contribution in [2.75, 3.05) is 26.2 Å². The summed E-state index contributed by atoms with van der Waals surface area (Å²) < 4.78 is 0. The zero-order valence-electron chi connectivity index (χ0n) is 14.0. The molecule has 2 amide bonds. The number of likely N-dealkylation sites (tertiary alicyclic amines) is 1. The van der Waals surface area contributed by atoms with Crippen LogP contribution in [0.25, 0.3) is 0 Å².